The highest BCUT2D eigenvalue weighted by atomic mass is 32.2. The van der Waals surface area contributed by atoms with Crippen molar-refractivity contribution in [1.82, 2.24) is 5.32 Å². The average molecular weight is 467 g/mol. The minimum atomic E-state index is -3.71. The molecule has 0 spiro atoms. The third kappa shape index (κ3) is 7.99. The zero-order valence-electron chi connectivity index (χ0n) is 18.4. The number of anilines is 1. The summed E-state index contributed by atoms with van der Waals surface area (Å²) >= 11 is 1.80. The number of methoxy groups -OCH3 is 2. The van der Waals surface area contributed by atoms with Gasteiger partial charge in [-0.1, -0.05) is 29.8 Å². The Balaban J connectivity index is 1.87. The number of carbonyl (C=O) groups excluding carboxylic acids is 1. The van der Waals surface area contributed by atoms with E-state index in [1.54, 1.807) is 23.9 Å². The molecule has 170 valence electrons. The van der Waals surface area contributed by atoms with Crippen LogP contribution in [0.2, 0.25) is 0 Å². The SMILES string of the molecule is COc1ccc(OC)c(N(CC(=O)NCCCSCc2ccc(C)cc2)S(C)(=O)=O)c1. The van der Waals surface area contributed by atoms with Crippen molar-refractivity contribution in [3.05, 3.63) is 53.6 Å². The minimum absolute atomic E-state index is 0.258. The first-order chi connectivity index (χ1) is 14.7. The molecule has 0 bridgehead atoms. The van der Waals surface area contributed by atoms with Crippen LogP contribution in [0.3, 0.4) is 0 Å². The monoisotopic (exact) mass is 466 g/mol. The van der Waals surface area contributed by atoms with Crippen LogP contribution in [-0.4, -0.2) is 53.6 Å². The van der Waals surface area contributed by atoms with Crippen molar-refractivity contribution in [1.29, 1.82) is 0 Å². The van der Waals surface area contributed by atoms with Gasteiger partial charge in [0.25, 0.3) is 0 Å². The lowest BCUT2D eigenvalue weighted by Crippen LogP contribution is -2.40. The van der Waals surface area contributed by atoms with Gasteiger partial charge in [-0.3, -0.25) is 9.10 Å². The fourth-order valence-corrected chi connectivity index (χ4v) is 4.61. The van der Waals surface area contributed by atoms with Crippen molar-refractivity contribution >= 4 is 33.4 Å². The quantitative estimate of drug-likeness (QED) is 0.484. The number of hydrogen-bond acceptors (Lipinski definition) is 6. The van der Waals surface area contributed by atoms with Crippen molar-refractivity contribution in [2.24, 2.45) is 0 Å². The molecule has 0 fully saturated rings. The highest BCUT2D eigenvalue weighted by Gasteiger charge is 2.24. The Morgan fingerprint density at radius 1 is 1.10 bits per heavy atom. The van der Waals surface area contributed by atoms with Crippen molar-refractivity contribution in [2.75, 3.05) is 43.6 Å². The fraction of sp³-hybridized carbons (Fsp3) is 0.409. The molecule has 0 aliphatic carbocycles. The zero-order chi connectivity index (χ0) is 22.9. The van der Waals surface area contributed by atoms with E-state index in [9.17, 15) is 13.2 Å². The summed E-state index contributed by atoms with van der Waals surface area (Å²) < 4.78 is 36.2. The van der Waals surface area contributed by atoms with Crippen LogP contribution in [0.4, 0.5) is 5.69 Å². The predicted molar refractivity (Wildman–Crippen MR) is 127 cm³/mol. The van der Waals surface area contributed by atoms with Crippen LogP contribution in [0.25, 0.3) is 0 Å². The first-order valence-electron chi connectivity index (χ1n) is 9.84. The standard InChI is InChI=1S/C22H30N2O5S2/c1-17-6-8-18(9-7-17)16-30-13-5-12-23-22(25)15-24(31(4,26)27)20-14-19(28-2)10-11-21(20)29-3/h6-11,14H,5,12-13,15-16H2,1-4H3,(H,23,25). The number of nitrogens with zero attached hydrogens (tertiary/aromatic N) is 1. The molecule has 0 aliphatic heterocycles. The molecule has 0 heterocycles. The van der Waals surface area contributed by atoms with Crippen molar-refractivity contribution in [2.45, 2.75) is 19.1 Å². The van der Waals surface area contributed by atoms with Crippen molar-refractivity contribution < 1.29 is 22.7 Å². The minimum Gasteiger partial charge on any atom is -0.497 e. The van der Waals surface area contributed by atoms with E-state index in [1.807, 2.05) is 0 Å². The molecule has 9 heteroatoms. The van der Waals surface area contributed by atoms with Gasteiger partial charge in [-0.25, -0.2) is 8.42 Å². The van der Waals surface area contributed by atoms with Gasteiger partial charge in [-0.15, -0.1) is 0 Å². The lowest BCUT2D eigenvalue weighted by molar-refractivity contribution is -0.119. The molecule has 0 saturated carbocycles. The smallest absolute Gasteiger partial charge is 0.240 e. The van der Waals surface area contributed by atoms with Crippen LogP contribution in [0, 0.1) is 6.92 Å². The van der Waals surface area contributed by atoms with Gasteiger partial charge in [0, 0.05) is 18.4 Å². The Kier molecular flexibility index (Phi) is 9.51. The van der Waals surface area contributed by atoms with Gasteiger partial charge in [0.1, 0.15) is 18.0 Å². The Bertz CT molecular complexity index is 962. The first kappa shape index (κ1) is 24.9. The maximum Gasteiger partial charge on any atom is 0.240 e. The van der Waals surface area contributed by atoms with Gasteiger partial charge >= 0.3 is 0 Å². The molecule has 31 heavy (non-hydrogen) atoms. The molecule has 2 aromatic rings. The number of aryl methyl sites for hydroxylation is 1. The molecule has 0 atom stereocenters. The molecule has 0 aromatic heterocycles. The number of ether oxygens (including phenoxy) is 2. The van der Waals surface area contributed by atoms with Gasteiger partial charge in [-0.05, 0) is 36.8 Å². The summed E-state index contributed by atoms with van der Waals surface area (Å²) in [6.07, 6.45) is 1.85. The number of rotatable bonds is 12. The third-order valence-electron chi connectivity index (χ3n) is 4.52. The average Bonchev–Trinajstić information content (AvgIpc) is 2.74. The third-order valence-corrected chi connectivity index (χ3v) is 6.76. The van der Waals surface area contributed by atoms with Crippen LogP contribution in [0.15, 0.2) is 42.5 Å². The number of thioether (sulfide) groups is 1. The number of benzene rings is 2. The Morgan fingerprint density at radius 2 is 1.81 bits per heavy atom. The van der Waals surface area contributed by atoms with E-state index >= 15 is 0 Å². The summed E-state index contributed by atoms with van der Waals surface area (Å²) in [6, 6.07) is 13.2. The van der Waals surface area contributed by atoms with Crippen LogP contribution in [0.1, 0.15) is 17.5 Å². The van der Waals surface area contributed by atoms with Crippen LogP contribution < -0.4 is 19.1 Å². The van der Waals surface area contributed by atoms with Gasteiger partial charge in [-0.2, -0.15) is 11.8 Å². The Labute approximate surface area is 189 Å². The van der Waals surface area contributed by atoms with Crippen molar-refractivity contribution in [3.8, 4) is 11.5 Å². The van der Waals surface area contributed by atoms with Crippen LogP contribution in [-0.2, 0) is 20.6 Å². The van der Waals surface area contributed by atoms with E-state index in [-0.39, 0.29) is 18.1 Å². The molecule has 1 N–H and O–H groups in total. The molecule has 0 saturated heterocycles. The lowest BCUT2D eigenvalue weighted by atomic mass is 10.2. The summed E-state index contributed by atoms with van der Waals surface area (Å²) in [7, 11) is -0.780. The second-order valence-electron chi connectivity index (χ2n) is 7.05. The normalized spacial score (nSPS) is 11.1. The number of hydrogen-bond donors (Lipinski definition) is 1. The van der Waals surface area contributed by atoms with Crippen molar-refractivity contribution in [3.63, 3.8) is 0 Å². The Hall–Kier alpha value is -2.39. The van der Waals surface area contributed by atoms with Gasteiger partial charge in [0.05, 0.1) is 26.2 Å². The summed E-state index contributed by atoms with van der Waals surface area (Å²) in [5.41, 5.74) is 2.77. The molecular formula is C22H30N2O5S2. The molecular weight excluding hydrogens is 436 g/mol. The second-order valence-corrected chi connectivity index (χ2v) is 10.1. The van der Waals surface area contributed by atoms with Crippen LogP contribution >= 0.6 is 11.8 Å². The van der Waals surface area contributed by atoms with E-state index in [2.05, 4.69) is 36.5 Å². The highest BCUT2D eigenvalue weighted by molar-refractivity contribution is 7.98. The van der Waals surface area contributed by atoms with E-state index < -0.39 is 10.0 Å². The summed E-state index contributed by atoms with van der Waals surface area (Å²) in [6.45, 7) is 2.21. The second kappa shape index (κ2) is 11.9. The van der Waals surface area contributed by atoms with Gasteiger partial charge < -0.3 is 14.8 Å². The molecule has 0 radical (unpaired) electrons. The molecule has 0 aliphatic rings. The van der Waals surface area contributed by atoms with Crippen LogP contribution in [0.5, 0.6) is 11.5 Å². The molecule has 0 unspecified atom stereocenters. The Morgan fingerprint density at radius 3 is 2.42 bits per heavy atom. The summed E-state index contributed by atoms with van der Waals surface area (Å²) in [5.74, 6) is 2.25. The fourth-order valence-electron chi connectivity index (χ4n) is 2.84. The summed E-state index contributed by atoms with van der Waals surface area (Å²) in [5, 5.41) is 2.80. The molecule has 2 rings (SSSR count). The van der Waals surface area contributed by atoms with E-state index in [1.165, 1.54) is 31.4 Å². The topological polar surface area (TPSA) is 84.9 Å². The molecule has 1 amide bonds. The van der Waals surface area contributed by atoms with E-state index in [4.69, 9.17) is 9.47 Å². The largest absolute Gasteiger partial charge is 0.497 e. The summed E-state index contributed by atoms with van der Waals surface area (Å²) in [4.78, 5) is 12.4. The zero-order valence-corrected chi connectivity index (χ0v) is 20.0. The number of carbonyl (C=O) groups is 1. The van der Waals surface area contributed by atoms with Gasteiger partial charge in [0.2, 0.25) is 15.9 Å². The maximum absolute atomic E-state index is 12.4. The van der Waals surface area contributed by atoms with E-state index in [0.29, 0.717) is 18.0 Å². The number of sulfonamides is 1. The molecule has 2 aromatic carbocycles. The molecule has 7 nitrogen and oxygen atoms in total. The number of nitrogens with one attached hydrogen (secondary N) is 1. The first-order valence-corrected chi connectivity index (χ1v) is 12.8. The van der Waals surface area contributed by atoms with E-state index in [0.717, 1.165) is 28.5 Å². The van der Waals surface area contributed by atoms with Gasteiger partial charge in [0.15, 0.2) is 0 Å². The predicted octanol–water partition coefficient (Wildman–Crippen LogP) is 3.22. The number of amides is 1. The lowest BCUT2D eigenvalue weighted by Gasteiger charge is -2.24. The highest BCUT2D eigenvalue weighted by Crippen LogP contribution is 2.33. The maximum atomic E-state index is 12.4.